The summed E-state index contributed by atoms with van der Waals surface area (Å²) in [6.45, 7) is 2.90. The monoisotopic (exact) mass is 307 g/mol. The number of hydrogen-bond acceptors (Lipinski definition) is 3. The first-order chi connectivity index (χ1) is 9.70. The Kier molecular flexibility index (Phi) is 3.81. The molecule has 0 spiro atoms. The summed E-state index contributed by atoms with van der Waals surface area (Å²) >= 11 is 12.4. The third kappa shape index (κ3) is 2.36. The molecule has 1 aromatic heterocycles. The minimum absolute atomic E-state index is 0.509. The van der Waals surface area contributed by atoms with Gasteiger partial charge in [-0.3, -0.25) is 0 Å². The van der Waals surface area contributed by atoms with E-state index in [1.807, 2.05) is 12.1 Å². The molecule has 0 bridgehead atoms. The predicted octanol–water partition coefficient (Wildman–Crippen LogP) is 4.37. The molecule has 0 saturated heterocycles. The fourth-order valence-corrected chi connectivity index (χ4v) is 2.93. The van der Waals surface area contributed by atoms with E-state index in [0.717, 1.165) is 42.9 Å². The summed E-state index contributed by atoms with van der Waals surface area (Å²) in [6.07, 6.45) is 3.18. The summed E-state index contributed by atoms with van der Waals surface area (Å²) in [7, 11) is 0. The number of halogens is 2. The Bertz CT molecular complexity index is 656. The minimum Gasteiger partial charge on any atom is -0.370 e. The largest absolute Gasteiger partial charge is 0.370 e. The molecule has 0 fully saturated rings. The molecule has 0 radical (unpaired) electrons. The lowest BCUT2D eigenvalue weighted by Gasteiger charge is -2.12. The minimum atomic E-state index is 0.509. The van der Waals surface area contributed by atoms with Gasteiger partial charge in [0.25, 0.3) is 0 Å². The van der Waals surface area contributed by atoms with Crippen LogP contribution in [-0.4, -0.2) is 16.5 Å². The van der Waals surface area contributed by atoms with E-state index in [4.69, 9.17) is 23.2 Å². The highest BCUT2D eigenvalue weighted by Crippen LogP contribution is 2.34. The van der Waals surface area contributed by atoms with Crippen molar-refractivity contribution in [1.29, 1.82) is 0 Å². The van der Waals surface area contributed by atoms with Crippen molar-refractivity contribution in [1.82, 2.24) is 9.97 Å². The van der Waals surface area contributed by atoms with Gasteiger partial charge in [-0.15, -0.1) is 0 Å². The molecule has 1 aromatic carbocycles. The van der Waals surface area contributed by atoms with Crippen LogP contribution in [0.15, 0.2) is 18.2 Å². The van der Waals surface area contributed by atoms with E-state index in [-0.39, 0.29) is 0 Å². The Labute approximate surface area is 128 Å². The van der Waals surface area contributed by atoms with Crippen LogP contribution in [0, 0.1) is 0 Å². The predicted molar refractivity (Wildman–Crippen MR) is 83.7 cm³/mol. The zero-order valence-corrected chi connectivity index (χ0v) is 12.7. The SMILES string of the molecule is CCNc1nc(-c2cccc(Cl)c2Cl)nc2c1CCC2. The zero-order valence-electron chi connectivity index (χ0n) is 11.2. The van der Waals surface area contributed by atoms with Gasteiger partial charge in [-0.1, -0.05) is 29.3 Å². The number of aryl methyl sites for hydroxylation is 1. The van der Waals surface area contributed by atoms with Crippen LogP contribution in [0.3, 0.4) is 0 Å². The summed E-state index contributed by atoms with van der Waals surface area (Å²) in [5, 5.41) is 4.36. The maximum absolute atomic E-state index is 6.28. The summed E-state index contributed by atoms with van der Waals surface area (Å²) in [5.41, 5.74) is 3.16. The number of nitrogens with zero attached hydrogens (tertiary/aromatic N) is 2. The van der Waals surface area contributed by atoms with E-state index in [2.05, 4.69) is 22.2 Å². The molecule has 1 heterocycles. The number of rotatable bonds is 3. The van der Waals surface area contributed by atoms with Crippen LogP contribution in [-0.2, 0) is 12.8 Å². The van der Waals surface area contributed by atoms with Crippen molar-refractivity contribution in [3.05, 3.63) is 39.5 Å². The van der Waals surface area contributed by atoms with Crippen LogP contribution < -0.4 is 5.32 Å². The second kappa shape index (κ2) is 5.58. The molecule has 0 amide bonds. The number of benzene rings is 1. The highest BCUT2D eigenvalue weighted by Gasteiger charge is 2.20. The topological polar surface area (TPSA) is 37.8 Å². The van der Waals surface area contributed by atoms with Crippen molar-refractivity contribution in [3.8, 4) is 11.4 Å². The Balaban J connectivity index is 2.15. The Morgan fingerprint density at radius 1 is 1.20 bits per heavy atom. The van der Waals surface area contributed by atoms with Crippen LogP contribution in [0.25, 0.3) is 11.4 Å². The first-order valence-electron chi connectivity index (χ1n) is 6.78. The van der Waals surface area contributed by atoms with Gasteiger partial charge in [0.2, 0.25) is 0 Å². The molecule has 1 aliphatic carbocycles. The van der Waals surface area contributed by atoms with E-state index >= 15 is 0 Å². The summed E-state index contributed by atoms with van der Waals surface area (Å²) in [4.78, 5) is 9.32. The first-order valence-corrected chi connectivity index (χ1v) is 7.54. The maximum Gasteiger partial charge on any atom is 0.163 e. The molecule has 2 aromatic rings. The summed E-state index contributed by atoms with van der Waals surface area (Å²) in [6, 6.07) is 5.54. The first kappa shape index (κ1) is 13.7. The molecule has 0 atom stereocenters. The molecule has 1 aliphatic rings. The van der Waals surface area contributed by atoms with Crippen molar-refractivity contribution in [3.63, 3.8) is 0 Å². The Morgan fingerprint density at radius 2 is 2.05 bits per heavy atom. The van der Waals surface area contributed by atoms with Crippen LogP contribution >= 0.6 is 23.2 Å². The summed E-state index contributed by atoms with van der Waals surface area (Å²) < 4.78 is 0. The highest BCUT2D eigenvalue weighted by molar-refractivity contribution is 6.43. The maximum atomic E-state index is 6.28. The van der Waals surface area contributed by atoms with Gasteiger partial charge >= 0.3 is 0 Å². The number of nitrogens with one attached hydrogen (secondary N) is 1. The molecular weight excluding hydrogens is 293 g/mol. The fraction of sp³-hybridized carbons (Fsp3) is 0.333. The van der Waals surface area contributed by atoms with Gasteiger partial charge in [-0.05, 0) is 38.3 Å². The fourth-order valence-electron chi connectivity index (χ4n) is 2.54. The quantitative estimate of drug-likeness (QED) is 0.915. The van der Waals surface area contributed by atoms with E-state index in [0.29, 0.717) is 15.9 Å². The van der Waals surface area contributed by atoms with Gasteiger partial charge in [0, 0.05) is 23.4 Å². The number of aromatic nitrogens is 2. The molecule has 0 unspecified atom stereocenters. The average molecular weight is 308 g/mol. The van der Waals surface area contributed by atoms with Gasteiger partial charge in [-0.25, -0.2) is 9.97 Å². The van der Waals surface area contributed by atoms with E-state index in [1.54, 1.807) is 6.07 Å². The second-order valence-electron chi connectivity index (χ2n) is 4.81. The number of hydrogen-bond donors (Lipinski definition) is 1. The molecule has 0 aliphatic heterocycles. The number of fused-ring (bicyclic) bond motifs is 1. The zero-order chi connectivity index (χ0) is 14.1. The smallest absolute Gasteiger partial charge is 0.163 e. The van der Waals surface area contributed by atoms with Gasteiger partial charge in [-0.2, -0.15) is 0 Å². The van der Waals surface area contributed by atoms with E-state index in [1.165, 1.54) is 5.56 Å². The van der Waals surface area contributed by atoms with Crippen LogP contribution in [0.1, 0.15) is 24.6 Å². The van der Waals surface area contributed by atoms with Crippen LogP contribution in [0.5, 0.6) is 0 Å². The standard InChI is InChI=1S/C15H15Cl2N3/c1-2-18-14-9-5-4-8-12(9)19-15(20-14)10-6-3-7-11(16)13(10)17/h3,6-7H,2,4-5,8H2,1H3,(H,18,19,20). The van der Waals surface area contributed by atoms with Crippen molar-refractivity contribution >= 4 is 29.0 Å². The normalized spacial score (nSPS) is 13.3. The molecule has 5 heteroatoms. The van der Waals surface area contributed by atoms with Crippen molar-refractivity contribution in [2.24, 2.45) is 0 Å². The third-order valence-corrected chi connectivity index (χ3v) is 4.29. The lowest BCUT2D eigenvalue weighted by Crippen LogP contribution is -2.06. The van der Waals surface area contributed by atoms with E-state index in [9.17, 15) is 0 Å². The van der Waals surface area contributed by atoms with Crippen molar-refractivity contribution < 1.29 is 0 Å². The molecule has 0 saturated carbocycles. The molecule has 1 N–H and O–H groups in total. The van der Waals surface area contributed by atoms with Crippen molar-refractivity contribution in [2.45, 2.75) is 26.2 Å². The van der Waals surface area contributed by atoms with Crippen molar-refractivity contribution in [2.75, 3.05) is 11.9 Å². The van der Waals surface area contributed by atoms with E-state index < -0.39 is 0 Å². The van der Waals surface area contributed by atoms with Gasteiger partial charge in [0.15, 0.2) is 5.82 Å². The molecular formula is C15H15Cl2N3. The molecule has 20 heavy (non-hydrogen) atoms. The Hall–Kier alpha value is -1.32. The van der Waals surface area contributed by atoms with Crippen LogP contribution in [0.2, 0.25) is 10.0 Å². The Morgan fingerprint density at radius 3 is 2.85 bits per heavy atom. The highest BCUT2D eigenvalue weighted by atomic mass is 35.5. The summed E-state index contributed by atoms with van der Waals surface area (Å²) in [5.74, 6) is 1.58. The second-order valence-corrected chi connectivity index (χ2v) is 5.59. The van der Waals surface area contributed by atoms with Gasteiger partial charge in [0.05, 0.1) is 10.0 Å². The van der Waals surface area contributed by atoms with Gasteiger partial charge < -0.3 is 5.32 Å². The molecule has 3 rings (SSSR count). The lowest BCUT2D eigenvalue weighted by atomic mass is 10.2. The van der Waals surface area contributed by atoms with Gasteiger partial charge in [0.1, 0.15) is 5.82 Å². The average Bonchev–Trinajstić information content (AvgIpc) is 2.90. The molecule has 3 nitrogen and oxygen atoms in total. The number of anilines is 1. The lowest BCUT2D eigenvalue weighted by molar-refractivity contribution is 0.900. The third-order valence-electron chi connectivity index (χ3n) is 3.47. The molecule has 104 valence electrons. The van der Waals surface area contributed by atoms with Crippen LogP contribution in [0.4, 0.5) is 5.82 Å².